The van der Waals surface area contributed by atoms with Gasteiger partial charge in [-0.15, -0.1) is 0 Å². The summed E-state index contributed by atoms with van der Waals surface area (Å²) < 4.78 is 0. The van der Waals surface area contributed by atoms with Crippen LogP contribution in [0.25, 0.3) is 22.3 Å². The summed E-state index contributed by atoms with van der Waals surface area (Å²) in [5.41, 5.74) is 10.4. The summed E-state index contributed by atoms with van der Waals surface area (Å²) in [6, 6.07) is 35.5. The molecule has 0 spiro atoms. The van der Waals surface area contributed by atoms with Crippen LogP contribution in [0.15, 0.2) is 109 Å². The van der Waals surface area contributed by atoms with Crippen molar-refractivity contribution in [3.05, 3.63) is 121 Å². The van der Waals surface area contributed by atoms with Crippen LogP contribution in [0.1, 0.15) is 52.7 Å². The van der Waals surface area contributed by atoms with Crippen LogP contribution in [-0.4, -0.2) is 6.67 Å². The Morgan fingerprint density at radius 3 is 1.41 bits per heavy atom. The van der Waals surface area contributed by atoms with Gasteiger partial charge in [0.2, 0.25) is 0 Å². The molecule has 0 radical (unpaired) electrons. The van der Waals surface area contributed by atoms with Gasteiger partial charge in [0.1, 0.15) is 0 Å². The number of nitrogens with zero attached hydrogens (tertiary/aromatic N) is 2. The zero-order chi connectivity index (χ0) is 26.2. The molecule has 4 aromatic carbocycles. The van der Waals surface area contributed by atoms with Gasteiger partial charge >= 0.3 is 0 Å². The van der Waals surface area contributed by atoms with Crippen molar-refractivity contribution < 1.29 is 0 Å². The van der Waals surface area contributed by atoms with Crippen LogP contribution in [0.5, 0.6) is 0 Å². The lowest BCUT2D eigenvalue weighted by molar-refractivity contribution is 0.590. The number of para-hydroxylation sites is 2. The third-order valence-electron chi connectivity index (χ3n) is 7.27. The van der Waals surface area contributed by atoms with Gasteiger partial charge in [-0.2, -0.15) is 0 Å². The SMILES string of the molecule is CC(C)(C)c1ccc(-c2cccc(-c3ccc(C(C)(C)C)cc3)c2N2C=CN(c3ccccc3)C2)cc1. The second kappa shape index (κ2) is 9.59. The summed E-state index contributed by atoms with van der Waals surface area (Å²) in [6.45, 7) is 14.4. The van der Waals surface area contributed by atoms with Gasteiger partial charge in [0.25, 0.3) is 0 Å². The zero-order valence-electron chi connectivity index (χ0n) is 23.0. The predicted molar refractivity (Wildman–Crippen MR) is 160 cm³/mol. The summed E-state index contributed by atoms with van der Waals surface area (Å²) >= 11 is 0. The third-order valence-corrected chi connectivity index (χ3v) is 7.27. The summed E-state index contributed by atoms with van der Waals surface area (Å²) in [5, 5.41) is 0. The van der Waals surface area contributed by atoms with Gasteiger partial charge in [-0.25, -0.2) is 0 Å². The van der Waals surface area contributed by atoms with Crippen molar-refractivity contribution in [1.82, 2.24) is 0 Å². The van der Waals surface area contributed by atoms with Crippen LogP contribution in [0, 0.1) is 0 Å². The molecule has 0 amide bonds. The Hall–Kier alpha value is -3.78. The second-order valence-electron chi connectivity index (χ2n) is 12.1. The van der Waals surface area contributed by atoms with Crippen LogP contribution in [0.4, 0.5) is 11.4 Å². The van der Waals surface area contributed by atoms with Gasteiger partial charge in [-0.05, 0) is 45.2 Å². The molecule has 0 bridgehead atoms. The highest BCUT2D eigenvalue weighted by Gasteiger charge is 2.23. The largest absolute Gasteiger partial charge is 0.328 e. The Balaban J connectivity index is 1.60. The Morgan fingerprint density at radius 1 is 0.486 bits per heavy atom. The molecule has 0 fully saturated rings. The number of hydrogen-bond donors (Lipinski definition) is 0. The minimum atomic E-state index is 0.131. The molecule has 0 unspecified atom stereocenters. The van der Waals surface area contributed by atoms with E-state index in [0.717, 1.165) is 6.67 Å². The van der Waals surface area contributed by atoms with Crippen molar-refractivity contribution in [3.63, 3.8) is 0 Å². The van der Waals surface area contributed by atoms with Crippen LogP contribution in [-0.2, 0) is 10.8 Å². The molecule has 2 heteroatoms. The summed E-state index contributed by atoms with van der Waals surface area (Å²) in [5.74, 6) is 0. The normalized spacial score (nSPS) is 13.9. The highest BCUT2D eigenvalue weighted by molar-refractivity contribution is 5.92. The van der Waals surface area contributed by atoms with E-state index in [9.17, 15) is 0 Å². The number of rotatable bonds is 4. The quantitative estimate of drug-likeness (QED) is 0.283. The van der Waals surface area contributed by atoms with Gasteiger partial charge in [-0.3, -0.25) is 0 Å². The minimum Gasteiger partial charge on any atom is -0.328 e. The van der Waals surface area contributed by atoms with Crippen molar-refractivity contribution in [2.45, 2.75) is 52.4 Å². The Morgan fingerprint density at radius 2 is 0.946 bits per heavy atom. The predicted octanol–water partition coefficient (Wildman–Crippen LogP) is 9.37. The van der Waals surface area contributed by atoms with Crippen molar-refractivity contribution in [2.75, 3.05) is 16.5 Å². The lowest BCUT2D eigenvalue weighted by Crippen LogP contribution is -2.25. The molecule has 0 saturated heterocycles. The molecule has 0 atom stereocenters. The van der Waals surface area contributed by atoms with Crippen LogP contribution in [0.3, 0.4) is 0 Å². The average Bonchev–Trinajstić information content (AvgIpc) is 3.38. The topological polar surface area (TPSA) is 6.48 Å². The molecule has 1 heterocycles. The molecule has 1 aliphatic heterocycles. The van der Waals surface area contributed by atoms with Crippen molar-refractivity contribution >= 4 is 11.4 Å². The fourth-order valence-electron chi connectivity index (χ4n) is 4.97. The average molecular weight is 487 g/mol. The third kappa shape index (κ3) is 5.20. The fourth-order valence-corrected chi connectivity index (χ4v) is 4.97. The maximum Gasteiger partial charge on any atom is 0.0989 e. The van der Waals surface area contributed by atoms with E-state index in [1.165, 1.54) is 44.8 Å². The van der Waals surface area contributed by atoms with E-state index in [2.05, 4.69) is 161 Å². The number of benzene rings is 4. The smallest absolute Gasteiger partial charge is 0.0989 e. The highest BCUT2D eigenvalue weighted by atomic mass is 15.3. The summed E-state index contributed by atoms with van der Waals surface area (Å²) in [6.07, 6.45) is 4.39. The molecule has 0 saturated carbocycles. The van der Waals surface area contributed by atoms with Crippen molar-refractivity contribution in [3.8, 4) is 22.3 Å². The monoisotopic (exact) mass is 486 g/mol. The van der Waals surface area contributed by atoms with E-state index >= 15 is 0 Å². The van der Waals surface area contributed by atoms with E-state index in [0.29, 0.717) is 0 Å². The van der Waals surface area contributed by atoms with E-state index in [1.807, 2.05) is 0 Å². The van der Waals surface area contributed by atoms with Crippen LogP contribution < -0.4 is 9.80 Å². The first kappa shape index (κ1) is 24.9. The zero-order valence-corrected chi connectivity index (χ0v) is 23.0. The molecular weight excluding hydrogens is 448 g/mol. The van der Waals surface area contributed by atoms with Gasteiger partial charge in [0, 0.05) is 29.2 Å². The Labute approximate surface area is 222 Å². The van der Waals surface area contributed by atoms with E-state index in [4.69, 9.17) is 0 Å². The standard InChI is InChI=1S/C35H38N2/c1-34(2,3)28-19-15-26(16-20-28)31-13-10-14-32(27-17-21-29(22-18-27)35(4,5)6)33(31)37-24-23-36(25-37)30-11-8-7-9-12-30/h7-24H,25H2,1-6H3. The summed E-state index contributed by atoms with van der Waals surface area (Å²) in [4.78, 5) is 4.68. The molecular formula is C35H38N2. The first-order chi connectivity index (χ1) is 17.6. The van der Waals surface area contributed by atoms with E-state index in [1.54, 1.807) is 0 Å². The van der Waals surface area contributed by atoms with Gasteiger partial charge in [0.05, 0.1) is 12.4 Å². The van der Waals surface area contributed by atoms with Gasteiger partial charge in [0.15, 0.2) is 0 Å². The first-order valence-electron chi connectivity index (χ1n) is 13.2. The van der Waals surface area contributed by atoms with Gasteiger partial charge < -0.3 is 9.80 Å². The van der Waals surface area contributed by atoms with E-state index < -0.39 is 0 Å². The fraction of sp³-hybridized carbons (Fsp3) is 0.257. The molecule has 0 N–H and O–H groups in total. The van der Waals surface area contributed by atoms with Crippen LogP contribution in [0.2, 0.25) is 0 Å². The molecule has 1 aliphatic rings. The second-order valence-corrected chi connectivity index (χ2v) is 12.1. The number of hydrogen-bond acceptors (Lipinski definition) is 2. The lowest BCUT2D eigenvalue weighted by Gasteiger charge is -2.27. The van der Waals surface area contributed by atoms with Gasteiger partial charge in [-0.1, -0.05) is 126 Å². The Bertz CT molecular complexity index is 1310. The minimum absolute atomic E-state index is 0.131. The maximum atomic E-state index is 2.38. The number of anilines is 2. The lowest BCUT2D eigenvalue weighted by atomic mass is 9.85. The molecule has 0 aliphatic carbocycles. The van der Waals surface area contributed by atoms with E-state index in [-0.39, 0.29) is 10.8 Å². The Kier molecular flexibility index (Phi) is 6.45. The molecule has 37 heavy (non-hydrogen) atoms. The summed E-state index contributed by atoms with van der Waals surface area (Å²) in [7, 11) is 0. The highest BCUT2D eigenvalue weighted by Crippen LogP contribution is 2.42. The molecule has 0 aromatic heterocycles. The van der Waals surface area contributed by atoms with Crippen LogP contribution >= 0.6 is 0 Å². The van der Waals surface area contributed by atoms with Crippen molar-refractivity contribution in [2.24, 2.45) is 0 Å². The maximum absolute atomic E-state index is 2.38. The molecule has 4 aromatic rings. The molecule has 2 nitrogen and oxygen atoms in total. The first-order valence-corrected chi connectivity index (χ1v) is 13.2. The van der Waals surface area contributed by atoms with Crippen molar-refractivity contribution in [1.29, 1.82) is 0 Å². The molecule has 5 rings (SSSR count). The molecule has 188 valence electrons.